The summed E-state index contributed by atoms with van der Waals surface area (Å²) in [6, 6.07) is 6.56. The van der Waals surface area contributed by atoms with Crippen LogP contribution < -0.4 is 19.9 Å². The summed E-state index contributed by atoms with van der Waals surface area (Å²) in [7, 11) is 4.42. The number of rotatable bonds is 5. The molecule has 9 heteroatoms. The van der Waals surface area contributed by atoms with Crippen molar-refractivity contribution >= 4 is 11.9 Å². The van der Waals surface area contributed by atoms with Crippen LogP contribution in [0, 0.1) is 0 Å². The van der Waals surface area contributed by atoms with Crippen molar-refractivity contribution in [2.75, 3.05) is 27.1 Å². The minimum atomic E-state index is -0.482. The van der Waals surface area contributed by atoms with E-state index in [-0.39, 0.29) is 11.5 Å². The molecule has 0 aliphatic rings. The highest BCUT2D eigenvalue weighted by Crippen LogP contribution is 2.38. The number of methoxy groups -OCH3 is 3. The summed E-state index contributed by atoms with van der Waals surface area (Å²) < 4.78 is 16.8. The lowest BCUT2D eigenvalue weighted by Gasteiger charge is -2.13. The van der Waals surface area contributed by atoms with Crippen LogP contribution in [-0.2, 0) is 0 Å². The third-order valence-electron chi connectivity index (χ3n) is 3.66. The number of carbonyl (C=O) groups excluding carboxylic acids is 1. The number of nitrogen functional groups attached to an aromatic ring is 1. The third kappa shape index (κ3) is 3.02. The molecule has 0 saturated heterocycles. The number of benzene rings is 1. The maximum absolute atomic E-state index is 12.9. The van der Waals surface area contributed by atoms with Crippen LogP contribution in [0.4, 0.5) is 5.95 Å². The molecule has 2 heterocycles. The number of anilines is 1. The monoisotopic (exact) mass is 355 g/mol. The molecule has 3 aromatic rings. The fraction of sp³-hybridized carbons (Fsp3) is 0.176. The van der Waals surface area contributed by atoms with E-state index in [0.29, 0.717) is 28.6 Å². The van der Waals surface area contributed by atoms with Gasteiger partial charge in [-0.25, -0.2) is 0 Å². The average Bonchev–Trinajstić information content (AvgIpc) is 3.08. The van der Waals surface area contributed by atoms with E-state index in [2.05, 4.69) is 15.1 Å². The standard InChI is InChI=1S/C17H17N5O4/c1-24-12-7-11(8-13(25-2)14(12)26-3)16(23)22-17(18)20-15(21-22)10-5-4-6-19-9-10/h4-9H,1-3H3,(H2,18,20,21). The Balaban J connectivity index is 2.04. The molecular formula is C17H17N5O4. The number of hydrogen-bond donors (Lipinski definition) is 1. The molecule has 3 rings (SSSR count). The van der Waals surface area contributed by atoms with Crippen LogP contribution in [0.25, 0.3) is 11.4 Å². The van der Waals surface area contributed by atoms with Crippen molar-refractivity contribution in [3.05, 3.63) is 42.2 Å². The van der Waals surface area contributed by atoms with Gasteiger partial charge in [-0.2, -0.15) is 9.67 Å². The molecule has 1 aromatic carbocycles. The quantitative estimate of drug-likeness (QED) is 0.734. The summed E-state index contributed by atoms with van der Waals surface area (Å²) in [4.78, 5) is 21.0. The summed E-state index contributed by atoms with van der Waals surface area (Å²) in [5.74, 6) is 0.861. The van der Waals surface area contributed by atoms with Gasteiger partial charge in [-0.1, -0.05) is 0 Å². The first-order chi connectivity index (χ1) is 12.6. The van der Waals surface area contributed by atoms with Gasteiger partial charge in [-0.05, 0) is 24.3 Å². The number of nitrogens with two attached hydrogens (primary N) is 1. The number of aromatic nitrogens is 4. The fourth-order valence-corrected chi connectivity index (χ4v) is 2.42. The van der Waals surface area contributed by atoms with Crippen molar-refractivity contribution in [2.24, 2.45) is 0 Å². The molecule has 0 atom stereocenters. The van der Waals surface area contributed by atoms with Crippen LogP contribution >= 0.6 is 0 Å². The summed E-state index contributed by atoms with van der Waals surface area (Å²) in [5, 5.41) is 4.19. The molecule has 0 radical (unpaired) electrons. The van der Waals surface area contributed by atoms with Crippen molar-refractivity contribution < 1.29 is 19.0 Å². The van der Waals surface area contributed by atoms with Crippen molar-refractivity contribution in [1.29, 1.82) is 0 Å². The largest absolute Gasteiger partial charge is 0.493 e. The van der Waals surface area contributed by atoms with Crippen molar-refractivity contribution in [1.82, 2.24) is 19.7 Å². The second kappa shape index (κ2) is 7.09. The van der Waals surface area contributed by atoms with E-state index in [1.54, 1.807) is 24.5 Å². The van der Waals surface area contributed by atoms with Gasteiger partial charge in [0.2, 0.25) is 11.7 Å². The highest BCUT2D eigenvalue weighted by molar-refractivity contribution is 5.98. The minimum absolute atomic E-state index is 0.0393. The predicted molar refractivity (Wildman–Crippen MR) is 93.5 cm³/mol. The molecule has 0 unspecified atom stereocenters. The van der Waals surface area contributed by atoms with Crippen LogP contribution in [0.2, 0.25) is 0 Å². The minimum Gasteiger partial charge on any atom is -0.493 e. The van der Waals surface area contributed by atoms with Crippen LogP contribution in [0.15, 0.2) is 36.7 Å². The molecule has 0 saturated carbocycles. The first kappa shape index (κ1) is 17.2. The number of pyridine rings is 1. The molecule has 0 amide bonds. The summed E-state index contributed by atoms with van der Waals surface area (Å²) in [6.45, 7) is 0. The Labute approximate surface area is 149 Å². The molecule has 26 heavy (non-hydrogen) atoms. The summed E-state index contributed by atoms with van der Waals surface area (Å²) in [5.41, 5.74) is 6.78. The number of ether oxygens (including phenoxy) is 3. The van der Waals surface area contributed by atoms with E-state index in [0.717, 1.165) is 4.68 Å². The summed E-state index contributed by atoms with van der Waals surface area (Å²) >= 11 is 0. The topological polar surface area (TPSA) is 114 Å². The lowest BCUT2D eigenvalue weighted by molar-refractivity contribution is 0.0947. The Morgan fingerprint density at radius 1 is 1.12 bits per heavy atom. The van der Waals surface area contributed by atoms with Gasteiger partial charge >= 0.3 is 0 Å². The lowest BCUT2D eigenvalue weighted by atomic mass is 10.1. The van der Waals surface area contributed by atoms with E-state index < -0.39 is 5.91 Å². The second-order valence-corrected chi connectivity index (χ2v) is 5.17. The smallest absolute Gasteiger partial charge is 0.281 e. The molecule has 134 valence electrons. The van der Waals surface area contributed by atoms with Gasteiger partial charge < -0.3 is 19.9 Å². The zero-order chi connectivity index (χ0) is 18.7. The summed E-state index contributed by atoms with van der Waals surface area (Å²) in [6.07, 6.45) is 3.22. The number of carbonyl (C=O) groups is 1. The molecular weight excluding hydrogens is 338 g/mol. The van der Waals surface area contributed by atoms with E-state index in [1.807, 2.05) is 0 Å². The van der Waals surface area contributed by atoms with Crippen molar-refractivity contribution in [2.45, 2.75) is 0 Å². The fourth-order valence-electron chi connectivity index (χ4n) is 2.42. The van der Waals surface area contributed by atoms with E-state index in [1.165, 1.54) is 33.5 Å². The van der Waals surface area contributed by atoms with Gasteiger partial charge in [-0.15, -0.1) is 5.10 Å². The highest BCUT2D eigenvalue weighted by atomic mass is 16.5. The molecule has 0 aliphatic heterocycles. The average molecular weight is 355 g/mol. The van der Waals surface area contributed by atoms with Crippen LogP contribution in [0.1, 0.15) is 10.4 Å². The Morgan fingerprint density at radius 2 is 1.81 bits per heavy atom. The maximum Gasteiger partial charge on any atom is 0.281 e. The number of hydrogen-bond acceptors (Lipinski definition) is 8. The molecule has 2 N–H and O–H groups in total. The Bertz CT molecular complexity index is 915. The molecule has 0 spiro atoms. The van der Waals surface area contributed by atoms with Gasteiger partial charge in [0, 0.05) is 23.5 Å². The first-order valence-electron chi connectivity index (χ1n) is 7.56. The van der Waals surface area contributed by atoms with Gasteiger partial charge in [0.25, 0.3) is 5.91 Å². The van der Waals surface area contributed by atoms with Gasteiger partial charge in [0.1, 0.15) is 0 Å². The third-order valence-corrected chi connectivity index (χ3v) is 3.66. The van der Waals surface area contributed by atoms with Gasteiger partial charge in [0.15, 0.2) is 17.3 Å². The van der Waals surface area contributed by atoms with Gasteiger partial charge in [0.05, 0.1) is 21.3 Å². The normalized spacial score (nSPS) is 10.4. The van der Waals surface area contributed by atoms with Crippen molar-refractivity contribution in [3.8, 4) is 28.6 Å². The molecule has 9 nitrogen and oxygen atoms in total. The van der Waals surface area contributed by atoms with Crippen LogP contribution in [0.5, 0.6) is 17.2 Å². The highest BCUT2D eigenvalue weighted by Gasteiger charge is 2.21. The molecule has 2 aromatic heterocycles. The van der Waals surface area contributed by atoms with E-state index >= 15 is 0 Å². The molecule has 0 bridgehead atoms. The molecule has 0 aliphatic carbocycles. The number of nitrogens with zero attached hydrogens (tertiary/aromatic N) is 4. The zero-order valence-corrected chi connectivity index (χ0v) is 14.5. The molecule has 0 fully saturated rings. The van der Waals surface area contributed by atoms with E-state index in [9.17, 15) is 4.79 Å². The SMILES string of the molecule is COc1cc(C(=O)n2nc(-c3cccnc3)nc2N)cc(OC)c1OC. The maximum atomic E-state index is 12.9. The Hall–Kier alpha value is -3.62. The second-order valence-electron chi connectivity index (χ2n) is 5.17. The van der Waals surface area contributed by atoms with Gasteiger partial charge in [-0.3, -0.25) is 9.78 Å². The Morgan fingerprint density at radius 3 is 2.35 bits per heavy atom. The lowest BCUT2D eigenvalue weighted by Crippen LogP contribution is -2.16. The first-order valence-corrected chi connectivity index (χ1v) is 7.56. The van der Waals surface area contributed by atoms with Crippen LogP contribution in [0.3, 0.4) is 0 Å². The van der Waals surface area contributed by atoms with Crippen molar-refractivity contribution in [3.63, 3.8) is 0 Å². The van der Waals surface area contributed by atoms with Crippen LogP contribution in [-0.4, -0.2) is 47.0 Å². The predicted octanol–water partition coefficient (Wildman–Crippen LogP) is 1.64. The Kier molecular flexibility index (Phi) is 4.70. The zero-order valence-electron chi connectivity index (χ0n) is 14.5. The van der Waals surface area contributed by atoms with E-state index in [4.69, 9.17) is 19.9 Å².